The molecule has 4 aliphatic rings. The summed E-state index contributed by atoms with van der Waals surface area (Å²) in [5.74, 6) is -0.893. The lowest BCUT2D eigenvalue weighted by Crippen LogP contribution is -2.60. The number of fused-ring (bicyclic) bond motifs is 5. The van der Waals surface area contributed by atoms with Crippen LogP contribution in [0.25, 0.3) is 0 Å². The first-order chi connectivity index (χ1) is 17.4. The fourth-order valence-corrected chi connectivity index (χ4v) is 8.77. The van der Waals surface area contributed by atoms with Gasteiger partial charge in [-0.3, -0.25) is 24.0 Å². The van der Waals surface area contributed by atoms with Crippen molar-refractivity contribution in [2.45, 2.75) is 97.5 Å². The number of carboxylic acid groups (broad SMARTS) is 1. The maximum absolute atomic E-state index is 13.9. The highest BCUT2D eigenvalue weighted by Crippen LogP contribution is 2.66. The Kier molecular flexibility index (Phi) is 7.87. The van der Waals surface area contributed by atoms with Crippen LogP contribution in [-0.2, 0) is 33.4 Å². The Morgan fingerprint density at radius 3 is 2.41 bits per heavy atom. The van der Waals surface area contributed by atoms with Crippen LogP contribution in [0.15, 0.2) is 0 Å². The third-order valence-electron chi connectivity index (χ3n) is 10.9. The van der Waals surface area contributed by atoms with E-state index >= 15 is 0 Å². The molecule has 0 aromatic rings. The second-order valence-electron chi connectivity index (χ2n) is 12.6. The normalized spacial score (nSPS) is 39.7. The zero-order valence-corrected chi connectivity index (χ0v) is 22.6. The van der Waals surface area contributed by atoms with Crippen LogP contribution in [0.3, 0.4) is 0 Å². The van der Waals surface area contributed by atoms with Gasteiger partial charge in [0.25, 0.3) is 0 Å². The van der Waals surface area contributed by atoms with Gasteiger partial charge in [-0.1, -0.05) is 20.8 Å². The van der Waals surface area contributed by atoms with E-state index in [-0.39, 0.29) is 77.4 Å². The number of rotatable bonds is 8. The monoisotopic (exact) mass is 518 g/mol. The minimum absolute atomic E-state index is 0.0112. The van der Waals surface area contributed by atoms with Crippen LogP contribution in [0.4, 0.5) is 0 Å². The molecule has 0 spiro atoms. The van der Waals surface area contributed by atoms with Gasteiger partial charge >= 0.3 is 17.9 Å². The number of Topliss-reactive ketones (excluding diaryl/α,β-unsaturated/α-hetero) is 2. The Balaban J connectivity index is 1.48. The van der Waals surface area contributed by atoms with E-state index in [0.717, 1.165) is 19.3 Å². The number of aliphatic carboxylic acids is 1. The topological polar surface area (TPSA) is 124 Å². The van der Waals surface area contributed by atoms with Crippen LogP contribution in [0.1, 0.15) is 91.4 Å². The third kappa shape index (κ3) is 4.97. The standard InChI is InChI=1S/C29H42O8/c1-16(5-9-25(34)36-4)19-6-7-20-27-21(15-23(31)29(19,20)3)28(2)12-11-18(13-17(28)14-22(27)30)37-26(35)10-8-24(32)33/h16-21,27H,5-15H2,1-4H3,(H,32,33)/t16-,17+,18-,19-,20+,21+,27-,28+,29-/m1/s1. The molecular formula is C29H42O8. The van der Waals surface area contributed by atoms with E-state index in [0.29, 0.717) is 38.5 Å². The van der Waals surface area contributed by atoms with Gasteiger partial charge in [0.1, 0.15) is 17.7 Å². The van der Waals surface area contributed by atoms with Crippen molar-refractivity contribution in [1.29, 1.82) is 0 Å². The zero-order valence-electron chi connectivity index (χ0n) is 22.6. The van der Waals surface area contributed by atoms with Crippen molar-refractivity contribution in [3.05, 3.63) is 0 Å². The van der Waals surface area contributed by atoms with E-state index in [4.69, 9.17) is 14.6 Å². The van der Waals surface area contributed by atoms with Crippen molar-refractivity contribution in [3.8, 4) is 0 Å². The van der Waals surface area contributed by atoms with Crippen LogP contribution in [0.5, 0.6) is 0 Å². The largest absolute Gasteiger partial charge is 0.481 e. The highest BCUT2D eigenvalue weighted by molar-refractivity contribution is 5.92. The molecule has 4 rings (SSSR count). The van der Waals surface area contributed by atoms with E-state index in [2.05, 4.69) is 20.8 Å². The van der Waals surface area contributed by atoms with Crippen molar-refractivity contribution in [1.82, 2.24) is 0 Å². The number of esters is 2. The molecule has 0 aromatic heterocycles. The molecule has 0 bridgehead atoms. The quantitative estimate of drug-likeness (QED) is 0.470. The van der Waals surface area contributed by atoms with Gasteiger partial charge in [-0.2, -0.15) is 0 Å². The summed E-state index contributed by atoms with van der Waals surface area (Å²) in [6, 6.07) is 0. The van der Waals surface area contributed by atoms with Crippen LogP contribution >= 0.6 is 0 Å². The number of methoxy groups -OCH3 is 1. The molecule has 0 aromatic carbocycles. The minimum atomic E-state index is -1.03. The van der Waals surface area contributed by atoms with Gasteiger partial charge in [0, 0.05) is 30.6 Å². The predicted molar refractivity (Wildman–Crippen MR) is 133 cm³/mol. The summed E-state index contributed by atoms with van der Waals surface area (Å²) < 4.78 is 10.4. The second kappa shape index (κ2) is 10.5. The van der Waals surface area contributed by atoms with Gasteiger partial charge in [-0.25, -0.2) is 0 Å². The first-order valence-corrected chi connectivity index (χ1v) is 14.0. The average molecular weight is 519 g/mol. The first-order valence-electron chi connectivity index (χ1n) is 14.0. The maximum atomic E-state index is 13.9. The Labute approximate surface area is 219 Å². The molecule has 4 fully saturated rings. The molecule has 4 saturated carbocycles. The average Bonchev–Trinajstić information content (AvgIpc) is 3.21. The van der Waals surface area contributed by atoms with Crippen LogP contribution < -0.4 is 0 Å². The fraction of sp³-hybridized carbons (Fsp3) is 0.828. The van der Waals surface area contributed by atoms with E-state index in [1.165, 1.54) is 7.11 Å². The number of ketones is 2. The summed E-state index contributed by atoms with van der Waals surface area (Å²) in [7, 11) is 1.39. The third-order valence-corrected chi connectivity index (χ3v) is 10.9. The summed E-state index contributed by atoms with van der Waals surface area (Å²) in [5, 5.41) is 8.81. The summed E-state index contributed by atoms with van der Waals surface area (Å²) in [6.07, 6.45) is 5.01. The van der Waals surface area contributed by atoms with Crippen molar-refractivity contribution < 1.29 is 38.6 Å². The minimum Gasteiger partial charge on any atom is -0.481 e. The van der Waals surface area contributed by atoms with E-state index in [1.807, 2.05) is 0 Å². The van der Waals surface area contributed by atoms with Gasteiger partial charge in [-0.15, -0.1) is 0 Å². The smallest absolute Gasteiger partial charge is 0.306 e. The van der Waals surface area contributed by atoms with Crippen LogP contribution in [-0.4, -0.2) is 47.8 Å². The van der Waals surface area contributed by atoms with Crippen molar-refractivity contribution in [2.75, 3.05) is 7.11 Å². The van der Waals surface area contributed by atoms with Crippen LogP contribution in [0, 0.1) is 46.3 Å². The van der Waals surface area contributed by atoms with Gasteiger partial charge < -0.3 is 14.6 Å². The van der Waals surface area contributed by atoms with Crippen LogP contribution in [0.2, 0.25) is 0 Å². The van der Waals surface area contributed by atoms with Gasteiger partial charge in [-0.05, 0) is 73.5 Å². The Morgan fingerprint density at radius 2 is 1.73 bits per heavy atom. The number of carboxylic acids is 1. The first kappa shape index (κ1) is 27.8. The molecule has 206 valence electrons. The predicted octanol–water partition coefficient (Wildman–Crippen LogP) is 4.37. The lowest BCUT2D eigenvalue weighted by molar-refractivity contribution is -0.173. The molecule has 0 heterocycles. The van der Waals surface area contributed by atoms with Gasteiger partial charge in [0.2, 0.25) is 0 Å². The highest BCUT2D eigenvalue weighted by Gasteiger charge is 2.66. The van der Waals surface area contributed by atoms with Gasteiger partial charge in [0.15, 0.2) is 0 Å². The van der Waals surface area contributed by atoms with Crippen molar-refractivity contribution >= 4 is 29.5 Å². The lowest BCUT2D eigenvalue weighted by Gasteiger charge is -2.59. The number of carbonyl (C=O) groups excluding carboxylic acids is 4. The Bertz CT molecular complexity index is 958. The summed E-state index contributed by atoms with van der Waals surface area (Å²) >= 11 is 0. The molecule has 8 heteroatoms. The molecule has 37 heavy (non-hydrogen) atoms. The number of hydrogen-bond acceptors (Lipinski definition) is 7. The summed E-state index contributed by atoms with van der Waals surface area (Å²) in [5.41, 5.74) is -0.694. The fourth-order valence-electron chi connectivity index (χ4n) is 8.77. The zero-order chi connectivity index (χ0) is 27.1. The molecule has 9 atom stereocenters. The molecule has 0 radical (unpaired) electrons. The number of hydrogen-bond donors (Lipinski definition) is 1. The molecule has 0 unspecified atom stereocenters. The van der Waals surface area contributed by atoms with Gasteiger partial charge in [0.05, 0.1) is 20.0 Å². The second-order valence-corrected chi connectivity index (χ2v) is 12.6. The molecule has 1 N–H and O–H groups in total. The molecule has 4 aliphatic carbocycles. The molecule has 8 nitrogen and oxygen atoms in total. The Morgan fingerprint density at radius 1 is 1.00 bits per heavy atom. The van der Waals surface area contributed by atoms with E-state index in [1.54, 1.807) is 0 Å². The SMILES string of the molecule is COC(=O)CC[C@@H](C)[C@H]1CC[C@H]2[C@H]3C(=O)C[C@@H]4C[C@H](OC(=O)CCC(=O)O)CC[C@]4(C)[C@H]3CC(=O)[C@]12C. The highest BCUT2D eigenvalue weighted by atomic mass is 16.5. The lowest BCUT2D eigenvalue weighted by atomic mass is 9.43. The molecular weight excluding hydrogens is 476 g/mol. The van der Waals surface area contributed by atoms with E-state index in [9.17, 15) is 24.0 Å². The van der Waals surface area contributed by atoms with Crippen molar-refractivity contribution in [2.24, 2.45) is 46.3 Å². The van der Waals surface area contributed by atoms with E-state index < -0.39 is 17.4 Å². The molecule has 0 saturated heterocycles. The molecule has 0 aliphatic heterocycles. The molecule has 0 amide bonds. The summed E-state index contributed by atoms with van der Waals surface area (Å²) in [6.45, 7) is 6.43. The maximum Gasteiger partial charge on any atom is 0.306 e. The Hall–Kier alpha value is -2.25. The van der Waals surface area contributed by atoms with Crippen molar-refractivity contribution in [3.63, 3.8) is 0 Å². The summed E-state index contributed by atoms with van der Waals surface area (Å²) in [4.78, 5) is 62.2. The number of carbonyl (C=O) groups is 5. The number of ether oxygens (including phenoxy) is 2.